The molecule has 25 heavy (non-hydrogen) atoms. The van der Waals surface area contributed by atoms with Crippen molar-refractivity contribution in [1.29, 1.82) is 0 Å². The number of carbonyl (C=O) groups excluding carboxylic acids is 1. The van der Waals surface area contributed by atoms with Crippen LogP contribution >= 0.6 is 0 Å². The molecule has 2 aromatic heterocycles. The number of carbonyl (C=O) groups is 1. The minimum absolute atomic E-state index is 0.0362. The van der Waals surface area contributed by atoms with Crippen LogP contribution in [0.15, 0.2) is 36.8 Å². The summed E-state index contributed by atoms with van der Waals surface area (Å²) in [6.45, 7) is 0.807. The molecule has 2 atom stereocenters. The molecule has 6 nitrogen and oxygen atoms in total. The monoisotopic (exact) mass is 345 g/mol. The number of halogens is 1. The van der Waals surface area contributed by atoms with Crippen LogP contribution in [0, 0.1) is 11.7 Å². The second kappa shape index (κ2) is 7.57. The second-order valence-electron chi connectivity index (χ2n) is 6.10. The fourth-order valence-electron chi connectivity index (χ4n) is 3.13. The Labute approximate surface area is 145 Å². The first-order chi connectivity index (χ1) is 12.1. The van der Waals surface area contributed by atoms with Crippen LogP contribution in [0.2, 0.25) is 0 Å². The number of ether oxygens (including phenoxy) is 2. The summed E-state index contributed by atoms with van der Waals surface area (Å²) in [7, 11) is 3.35. The lowest BCUT2D eigenvalue weighted by Crippen LogP contribution is -2.22. The van der Waals surface area contributed by atoms with Crippen molar-refractivity contribution in [3.63, 3.8) is 0 Å². The van der Waals surface area contributed by atoms with E-state index >= 15 is 0 Å². The lowest BCUT2D eigenvalue weighted by Gasteiger charge is -2.21. The molecule has 2 unspecified atom stereocenters. The van der Waals surface area contributed by atoms with Crippen LogP contribution in [0.4, 0.5) is 4.39 Å². The summed E-state index contributed by atoms with van der Waals surface area (Å²) < 4.78 is 23.9. The highest BCUT2D eigenvalue weighted by Gasteiger charge is 2.37. The maximum Gasteiger partial charge on any atom is 0.310 e. The minimum Gasteiger partial charge on any atom is -0.487 e. The highest BCUT2D eigenvalue weighted by Crippen LogP contribution is 2.37. The number of aromatic nitrogens is 2. The number of rotatable bonds is 5. The third-order valence-electron chi connectivity index (χ3n) is 4.35. The van der Waals surface area contributed by atoms with Gasteiger partial charge in [-0.3, -0.25) is 19.7 Å². The van der Waals surface area contributed by atoms with E-state index in [1.54, 1.807) is 18.5 Å². The lowest BCUT2D eigenvalue weighted by molar-refractivity contribution is -0.144. The normalized spacial score (nSPS) is 20.4. The number of likely N-dealkylation sites (tertiary alicyclic amines) is 1. The van der Waals surface area contributed by atoms with Gasteiger partial charge in [0.25, 0.3) is 0 Å². The van der Waals surface area contributed by atoms with Gasteiger partial charge < -0.3 is 9.47 Å². The predicted octanol–water partition coefficient (Wildman–Crippen LogP) is 2.36. The van der Waals surface area contributed by atoms with E-state index in [2.05, 4.69) is 14.9 Å². The molecule has 1 aliphatic heterocycles. The summed E-state index contributed by atoms with van der Waals surface area (Å²) in [4.78, 5) is 22.2. The van der Waals surface area contributed by atoms with Crippen molar-refractivity contribution >= 4 is 5.97 Å². The van der Waals surface area contributed by atoms with Gasteiger partial charge in [0.2, 0.25) is 0 Å². The second-order valence-corrected chi connectivity index (χ2v) is 6.10. The van der Waals surface area contributed by atoms with Crippen LogP contribution in [0.3, 0.4) is 0 Å². The van der Waals surface area contributed by atoms with E-state index in [-0.39, 0.29) is 24.5 Å². The minimum atomic E-state index is -0.399. The Morgan fingerprint density at radius 2 is 2.28 bits per heavy atom. The fraction of sp³-hybridized carbons (Fsp3) is 0.389. The summed E-state index contributed by atoms with van der Waals surface area (Å²) in [6.07, 6.45) is 5.04. The Morgan fingerprint density at radius 1 is 1.44 bits per heavy atom. The fourth-order valence-corrected chi connectivity index (χ4v) is 3.13. The maximum atomic E-state index is 13.2. The molecule has 1 fully saturated rings. The van der Waals surface area contributed by atoms with Crippen molar-refractivity contribution < 1.29 is 18.7 Å². The number of esters is 1. The highest BCUT2D eigenvalue weighted by atomic mass is 19.1. The number of methoxy groups -OCH3 is 1. The molecule has 3 rings (SSSR count). The smallest absolute Gasteiger partial charge is 0.310 e. The molecular weight excluding hydrogens is 325 g/mol. The molecule has 0 aliphatic carbocycles. The van der Waals surface area contributed by atoms with E-state index in [4.69, 9.17) is 9.47 Å². The highest BCUT2D eigenvalue weighted by molar-refractivity contribution is 5.73. The van der Waals surface area contributed by atoms with Gasteiger partial charge in [-0.25, -0.2) is 4.39 Å². The SMILES string of the molecule is COC(=O)C1CC(c2ncccc2OCc2cncc(F)c2)N(C)C1. The van der Waals surface area contributed by atoms with Crippen LogP contribution in [0.1, 0.15) is 23.7 Å². The molecule has 132 valence electrons. The molecule has 7 heteroatoms. The first-order valence-electron chi connectivity index (χ1n) is 8.03. The summed E-state index contributed by atoms with van der Waals surface area (Å²) >= 11 is 0. The standard InChI is InChI=1S/C18H20FN3O3/c1-22-10-13(18(23)24-2)7-15(22)17-16(4-3-5-21-17)25-11-12-6-14(19)9-20-8-12/h3-6,8-9,13,15H,7,10-11H2,1-2H3. The number of hydrogen-bond donors (Lipinski definition) is 0. The van der Waals surface area contributed by atoms with Crippen LogP contribution in [-0.2, 0) is 16.1 Å². The Morgan fingerprint density at radius 3 is 3.04 bits per heavy atom. The van der Waals surface area contributed by atoms with E-state index in [1.807, 2.05) is 13.1 Å². The zero-order valence-electron chi connectivity index (χ0n) is 14.2. The predicted molar refractivity (Wildman–Crippen MR) is 88.3 cm³/mol. The van der Waals surface area contributed by atoms with Gasteiger partial charge in [0.05, 0.1) is 31.0 Å². The summed E-state index contributed by atoms with van der Waals surface area (Å²) in [5, 5.41) is 0. The van der Waals surface area contributed by atoms with Crippen LogP contribution in [0.5, 0.6) is 5.75 Å². The summed E-state index contributed by atoms with van der Waals surface area (Å²) in [5.74, 6) is -0.168. The van der Waals surface area contributed by atoms with Gasteiger partial charge >= 0.3 is 5.97 Å². The van der Waals surface area contributed by atoms with Crippen molar-refractivity contribution in [2.24, 2.45) is 5.92 Å². The topological polar surface area (TPSA) is 64.5 Å². The quantitative estimate of drug-likeness (QED) is 0.775. The molecule has 1 saturated heterocycles. The van der Waals surface area contributed by atoms with Gasteiger partial charge in [0.15, 0.2) is 0 Å². The molecular formula is C18H20FN3O3. The van der Waals surface area contributed by atoms with Crippen LogP contribution in [-0.4, -0.2) is 41.5 Å². The molecule has 0 aromatic carbocycles. The molecule has 1 aliphatic rings. The van der Waals surface area contributed by atoms with Gasteiger partial charge in [-0.1, -0.05) is 0 Å². The van der Waals surface area contributed by atoms with E-state index in [9.17, 15) is 9.18 Å². The van der Waals surface area contributed by atoms with Crippen LogP contribution in [0.25, 0.3) is 0 Å². The lowest BCUT2D eigenvalue weighted by atomic mass is 10.0. The van der Waals surface area contributed by atoms with Crippen molar-refractivity contribution in [2.75, 3.05) is 20.7 Å². The van der Waals surface area contributed by atoms with E-state index in [0.717, 1.165) is 11.9 Å². The molecule has 0 saturated carbocycles. The molecule has 0 bridgehead atoms. The van der Waals surface area contributed by atoms with Gasteiger partial charge in [0.1, 0.15) is 18.2 Å². The Hall–Kier alpha value is -2.54. The van der Waals surface area contributed by atoms with Crippen molar-refractivity contribution in [3.05, 3.63) is 53.9 Å². The number of hydrogen-bond acceptors (Lipinski definition) is 6. The largest absolute Gasteiger partial charge is 0.487 e. The van der Waals surface area contributed by atoms with Gasteiger partial charge in [-0.15, -0.1) is 0 Å². The summed E-state index contributed by atoms with van der Waals surface area (Å²) in [5.41, 5.74) is 1.41. The Balaban J connectivity index is 1.76. The average molecular weight is 345 g/mol. The maximum absolute atomic E-state index is 13.2. The van der Waals surface area contributed by atoms with E-state index in [0.29, 0.717) is 24.3 Å². The number of nitrogens with zero attached hydrogens (tertiary/aromatic N) is 3. The van der Waals surface area contributed by atoms with Gasteiger partial charge in [-0.2, -0.15) is 0 Å². The molecule has 0 spiro atoms. The number of pyridine rings is 2. The zero-order chi connectivity index (χ0) is 17.8. The Kier molecular flexibility index (Phi) is 5.23. The summed E-state index contributed by atoms with van der Waals surface area (Å²) in [6, 6.07) is 4.97. The molecule has 3 heterocycles. The zero-order valence-corrected chi connectivity index (χ0v) is 14.2. The van der Waals surface area contributed by atoms with Crippen molar-refractivity contribution in [1.82, 2.24) is 14.9 Å². The van der Waals surface area contributed by atoms with E-state index < -0.39 is 5.82 Å². The molecule has 2 aromatic rings. The van der Waals surface area contributed by atoms with Gasteiger partial charge in [0, 0.05) is 24.5 Å². The van der Waals surface area contributed by atoms with Crippen molar-refractivity contribution in [3.8, 4) is 5.75 Å². The average Bonchev–Trinajstić information content (AvgIpc) is 3.01. The third kappa shape index (κ3) is 3.93. The Bertz CT molecular complexity index is 756. The third-order valence-corrected chi connectivity index (χ3v) is 4.35. The van der Waals surface area contributed by atoms with Gasteiger partial charge in [-0.05, 0) is 31.7 Å². The molecule has 0 amide bonds. The first-order valence-corrected chi connectivity index (χ1v) is 8.03. The van der Waals surface area contributed by atoms with E-state index in [1.165, 1.54) is 13.2 Å². The molecule has 0 radical (unpaired) electrons. The first kappa shape index (κ1) is 17.3. The van der Waals surface area contributed by atoms with Crippen LogP contribution < -0.4 is 4.74 Å². The van der Waals surface area contributed by atoms with Crippen molar-refractivity contribution in [2.45, 2.75) is 19.1 Å². The molecule has 0 N–H and O–H groups in total.